The van der Waals surface area contributed by atoms with Crippen LogP contribution in [0.15, 0.2) is 30.7 Å². The van der Waals surface area contributed by atoms with E-state index in [0.29, 0.717) is 18.7 Å². The van der Waals surface area contributed by atoms with Gasteiger partial charge in [0.15, 0.2) is 0 Å². The van der Waals surface area contributed by atoms with E-state index in [-0.39, 0.29) is 12.6 Å². The quantitative estimate of drug-likeness (QED) is 0.932. The van der Waals surface area contributed by atoms with Gasteiger partial charge in [0.1, 0.15) is 17.7 Å². The second-order valence-electron chi connectivity index (χ2n) is 4.75. The molecule has 1 aromatic heterocycles. The molecule has 1 aromatic carbocycles. The average molecular weight is 279 g/mol. The van der Waals surface area contributed by atoms with Crippen LogP contribution < -0.4 is 5.32 Å². The van der Waals surface area contributed by atoms with E-state index in [0.717, 1.165) is 24.4 Å². The van der Waals surface area contributed by atoms with Gasteiger partial charge in [-0.05, 0) is 18.2 Å². The molecule has 0 amide bonds. The van der Waals surface area contributed by atoms with Crippen LogP contribution >= 0.6 is 0 Å². The fourth-order valence-corrected chi connectivity index (χ4v) is 2.33. The van der Waals surface area contributed by atoms with Crippen molar-refractivity contribution in [2.24, 2.45) is 0 Å². The molecule has 1 aliphatic rings. The molecule has 1 unspecified atom stereocenters. The Kier molecular flexibility index (Phi) is 3.75. The summed E-state index contributed by atoms with van der Waals surface area (Å²) in [6.45, 7) is 2.38. The van der Waals surface area contributed by atoms with Gasteiger partial charge in [0.2, 0.25) is 0 Å². The molecule has 106 valence electrons. The predicted molar refractivity (Wildman–Crippen MR) is 69.2 cm³/mol. The first-order valence-electron chi connectivity index (χ1n) is 6.50. The molecule has 6 heteroatoms. The van der Waals surface area contributed by atoms with Crippen molar-refractivity contribution in [1.82, 2.24) is 14.9 Å². The maximum absolute atomic E-state index is 13.7. The molecule has 20 heavy (non-hydrogen) atoms. The predicted octanol–water partition coefficient (Wildman–Crippen LogP) is 1.87. The summed E-state index contributed by atoms with van der Waals surface area (Å²) in [7, 11) is 0. The van der Waals surface area contributed by atoms with Gasteiger partial charge in [-0.2, -0.15) is 0 Å². The third-order valence-electron chi connectivity index (χ3n) is 3.35. The fraction of sp³-hybridized carbons (Fsp3) is 0.357. The topological polar surface area (TPSA) is 39.1 Å². The number of benzene rings is 1. The highest BCUT2D eigenvalue weighted by Crippen LogP contribution is 2.20. The Morgan fingerprint density at radius 1 is 1.40 bits per heavy atom. The number of nitrogens with one attached hydrogen (secondary N) is 1. The highest BCUT2D eigenvalue weighted by atomic mass is 19.1. The monoisotopic (exact) mass is 279 g/mol. The van der Waals surface area contributed by atoms with E-state index < -0.39 is 11.6 Å². The Hall–Kier alpha value is -1.79. The summed E-state index contributed by atoms with van der Waals surface area (Å²) in [4.78, 5) is 4.08. The first kappa shape index (κ1) is 13.2. The lowest BCUT2D eigenvalue weighted by atomic mass is 10.2. The van der Waals surface area contributed by atoms with E-state index in [1.807, 2.05) is 0 Å². The van der Waals surface area contributed by atoms with Gasteiger partial charge in [-0.15, -0.1) is 0 Å². The number of halogens is 2. The van der Waals surface area contributed by atoms with Crippen molar-refractivity contribution in [2.45, 2.75) is 12.6 Å². The summed E-state index contributed by atoms with van der Waals surface area (Å²) in [5.41, 5.74) is 1.16. The summed E-state index contributed by atoms with van der Waals surface area (Å²) < 4.78 is 34.3. The molecule has 0 saturated carbocycles. The van der Waals surface area contributed by atoms with Crippen molar-refractivity contribution < 1.29 is 13.5 Å². The van der Waals surface area contributed by atoms with Crippen LogP contribution in [0, 0.1) is 11.6 Å². The highest BCUT2D eigenvalue weighted by Gasteiger charge is 2.20. The third-order valence-corrected chi connectivity index (χ3v) is 3.35. The smallest absolute Gasteiger partial charge is 0.128 e. The van der Waals surface area contributed by atoms with Crippen molar-refractivity contribution in [3.63, 3.8) is 0 Å². The molecule has 0 radical (unpaired) electrons. The van der Waals surface area contributed by atoms with Crippen LogP contribution in [0.2, 0.25) is 0 Å². The number of morpholine rings is 1. The average Bonchev–Trinajstić information content (AvgIpc) is 2.92. The van der Waals surface area contributed by atoms with Crippen molar-refractivity contribution in [1.29, 1.82) is 0 Å². The number of aromatic nitrogens is 2. The van der Waals surface area contributed by atoms with Gasteiger partial charge in [0, 0.05) is 18.7 Å². The van der Waals surface area contributed by atoms with Crippen LogP contribution in [-0.2, 0) is 11.3 Å². The molecule has 0 bridgehead atoms. The third kappa shape index (κ3) is 2.71. The molecular formula is C14H15F2N3O. The number of hydrogen-bond acceptors (Lipinski definition) is 3. The van der Waals surface area contributed by atoms with Gasteiger partial charge in [0.25, 0.3) is 0 Å². The SMILES string of the molecule is Fc1ccc(F)c(Cn2cncc2C2CNCCO2)c1. The number of rotatable bonds is 3. The zero-order chi connectivity index (χ0) is 13.9. The van der Waals surface area contributed by atoms with Gasteiger partial charge in [-0.25, -0.2) is 13.8 Å². The van der Waals surface area contributed by atoms with Crippen LogP contribution in [-0.4, -0.2) is 29.2 Å². The zero-order valence-corrected chi connectivity index (χ0v) is 10.9. The van der Waals surface area contributed by atoms with E-state index in [2.05, 4.69) is 10.3 Å². The van der Waals surface area contributed by atoms with Gasteiger partial charge in [-0.3, -0.25) is 0 Å². The Morgan fingerprint density at radius 2 is 2.30 bits per heavy atom. The Balaban J connectivity index is 1.84. The molecule has 1 saturated heterocycles. The second kappa shape index (κ2) is 5.68. The molecule has 0 spiro atoms. The molecule has 3 rings (SSSR count). The van der Waals surface area contributed by atoms with E-state index in [9.17, 15) is 8.78 Å². The minimum Gasteiger partial charge on any atom is -0.369 e. The van der Waals surface area contributed by atoms with Gasteiger partial charge in [-0.1, -0.05) is 0 Å². The first-order valence-corrected chi connectivity index (χ1v) is 6.50. The number of imidazole rings is 1. The lowest BCUT2D eigenvalue weighted by Crippen LogP contribution is -2.34. The molecule has 0 aliphatic carbocycles. The van der Waals surface area contributed by atoms with Gasteiger partial charge < -0.3 is 14.6 Å². The Bertz CT molecular complexity index is 594. The lowest BCUT2D eigenvalue weighted by Gasteiger charge is -2.24. The maximum atomic E-state index is 13.7. The maximum Gasteiger partial charge on any atom is 0.128 e. The summed E-state index contributed by atoms with van der Waals surface area (Å²) in [6, 6.07) is 3.46. The Morgan fingerprint density at radius 3 is 3.10 bits per heavy atom. The largest absolute Gasteiger partial charge is 0.369 e. The van der Waals surface area contributed by atoms with Crippen LogP contribution in [0.5, 0.6) is 0 Å². The lowest BCUT2D eigenvalue weighted by molar-refractivity contribution is 0.0230. The van der Waals surface area contributed by atoms with E-state index in [4.69, 9.17) is 4.74 Å². The molecule has 1 fully saturated rings. The van der Waals surface area contributed by atoms with Crippen molar-refractivity contribution in [3.05, 3.63) is 53.6 Å². The number of nitrogens with zero attached hydrogens (tertiary/aromatic N) is 2. The molecule has 2 heterocycles. The van der Waals surface area contributed by atoms with Crippen LogP contribution in [0.25, 0.3) is 0 Å². The first-order chi connectivity index (χ1) is 9.74. The van der Waals surface area contributed by atoms with Crippen molar-refractivity contribution in [2.75, 3.05) is 19.7 Å². The number of hydrogen-bond donors (Lipinski definition) is 1. The molecule has 1 atom stereocenters. The number of ether oxygens (including phenoxy) is 1. The van der Waals surface area contributed by atoms with Crippen LogP contribution in [0.1, 0.15) is 17.4 Å². The minimum atomic E-state index is -0.446. The Labute approximate surface area is 115 Å². The normalized spacial score (nSPS) is 19.2. The fourth-order valence-electron chi connectivity index (χ4n) is 2.33. The summed E-state index contributed by atoms with van der Waals surface area (Å²) in [6.07, 6.45) is 3.20. The van der Waals surface area contributed by atoms with E-state index >= 15 is 0 Å². The van der Waals surface area contributed by atoms with Crippen LogP contribution in [0.4, 0.5) is 8.78 Å². The highest BCUT2D eigenvalue weighted by molar-refractivity contribution is 5.20. The summed E-state index contributed by atoms with van der Waals surface area (Å²) >= 11 is 0. The van der Waals surface area contributed by atoms with Crippen LogP contribution in [0.3, 0.4) is 0 Å². The van der Waals surface area contributed by atoms with E-state index in [1.165, 1.54) is 6.07 Å². The second-order valence-corrected chi connectivity index (χ2v) is 4.75. The molecule has 1 N–H and O–H groups in total. The molecule has 1 aliphatic heterocycles. The molecular weight excluding hydrogens is 264 g/mol. The zero-order valence-electron chi connectivity index (χ0n) is 10.9. The van der Waals surface area contributed by atoms with Crippen molar-refractivity contribution >= 4 is 0 Å². The minimum absolute atomic E-state index is 0.108. The molecule has 2 aromatic rings. The summed E-state index contributed by atoms with van der Waals surface area (Å²) in [5, 5.41) is 3.23. The van der Waals surface area contributed by atoms with Gasteiger partial charge >= 0.3 is 0 Å². The van der Waals surface area contributed by atoms with Crippen molar-refractivity contribution in [3.8, 4) is 0 Å². The molecule has 4 nitrogen and oxygen atoms in total. The van der Waals surface area contributed by atoms with Gasteiger partial charge in [0.05, 0.1) is 31.4 Å². The standard InChI is InChI=1S/C14H15F2N3O/c15-11-1-2-12(16)10(5-11)8-19-9-18-6-13(19)14-7-17-3-4-20-14/h1-2,5-6,9,14,17H,3-4,7-8H2. The summed E-state index contributed by atoms with van der Waals surface area (Å²) in [5.74, 6) is -0.868. The van der Waals surface area contributed by atoms with E-state index in [1.54, 1.807) is 17.1 Å².